The summed E-state index contributed by atoms with van der Waals surface area (Å²) >= 11 is 0. The van der Waals surface area contributed by atoms with Crippen LogP contribution in [0.1, 0.15) is 76.7 Å². The maximum absolute atomic E-state index is 15.1. The molecule has 4 rings (SSSR count). The number of hydrogen-bond acceptors (Lipinski definition) is 1. The predicted octanol–water partition coefficient (Wildman–Crippen LogP) is 9.24. The Morgan fingerprint density at radius 3 is 2.26 bits per heavy atom. The first kappa shape index (κ1) is 24.7. The van der Waals surface area contributed by atoms with Gasteiger partial charge in [-0.2, -0.15) is 0 Å². The maximum atomic E-state index is 15.1. The molecule has 1 nitrogen and oxygen atoms in total. The summed E-state index contributed by atoms with van der Waals surface area (Å²) in [5.74, 6) is 2.55. The van der Waals surface area contributed by atoms with E-state index in [0.717, 1.165) is 36.2 Å². The third-order valence-corrected chi connectivity index (χ3v) is 7.98. The van der Waals surface area contributed by atoms with Gasteiger partial charge in [0, 0.05) is 17.2 Å². The van der Waals surface area contributed by atoms with Crippen molar-refractivity contribution in [3.63, 3.8) is 0 Å². The van der Waals surface area contributed by atoms with Crippen molar-refractivity contribution in [2.24, 2.45) is 17.8 Å². The Kier molecular flexibility index (Phi) is 8.59. The van der Waals surface area contributed by atoms with E-state index in [2.05, 4.69) is 19.1 Å². The van der Waals surface area contributed by atoms with Crippen molar-refractivity contribution >= 4 is 0 Å². The van der Waals surface area contributed by atoms with E-state index in [1.807, 2.05) is 25.1 Å². The molecule has 3 heteroatoms. The molecule has 4 unspecified atom stereocenters. The van der Waals surface area contributed by atoms with E-state index in [9.17, 15) is 4.39 Å². The van der Waals surface area contributed by atoms with Gasteiger partial charge in [-0.25, -0.2) is 8.78 Å². The minimum Gasteiger partial charge on any atom is -0.489 e. The van der Waals surface area contributed by atoms with Crippen LogP contribution in [0.3, 0.4) is 0 Å². The van der Waals surface area contributed by atoms with Gasteiger partial charge in [-0.3, -0.25) is 0 Å². The molecule has 0 N–H and O–H groups in total. The first-order valence-electron chi connectivity index (χ1n) is 13.0. The van der Waals surface area contributed by atoms with Crippen LogP contribution in [0.5, 0.6) is 5.75 Å². The minimum atomic E-state index is -0.462. The Hall–Kier alpha value is -2.42. The van der Waals surface area contributed by atoms with E-state index in [4.69, 9.17) is 4.74 Å². The third-order valence-electron chi connectivity index (χ3n) is 7.98. The number of benzene rings is 2. The molecule has 2 saturated carbocycles. The Morgan fingerprint density at radius 1 is 0.824 bits per heavy atom. The molecule has 2 aliphatic rings. The first-order chi connectivity index (χ1) is 16.6. The van der Waals surface area contributed by atoms with Crippen molar-refractivity contribution in [3.05, 3.63) is 77.9 Å². The van der Waals surface area contributed by atoms with Crippen molar-refractivity contribution < 1.29 is 13.5 Å². The van der Waals surface area contributed by atoms with Crippen LogP contribution in [-0.4, -0.2) is 6.61 Å². The summed E-state index contributed by atoms with van der Waals surface area (Å²) in [5, 5.41) is 0. The molecule has 0 amide bonds. The van der Waals surface area contributed by atoms with E-state index in [-0.39, 0.29) is 11.4 Å². The number of halogens is 2. The highest BCUT2D eigenvalue weighted by Gasteiger charge is 2.35. The second kappa shape index (κ2) is 11.8. The number of fused-ring (bicyclic) bond motifs is 1. The molecular weight excluding hydrogens is 426 g/mol. The fourth-order valence-electron chi connectivity index (χ4n) is 6.10. The zero-order valence-corrected chi connectivity index (χ0v) is 20.6. The molecule has 34 heavy (non-hydrogen) atoms. The Balaban J connectivity index is 1.39. The predicted molar refractivity (Wildman–Crippen MR) is 137 cm³/mol. The molecule has 2 fully saturated rings. The van der Waals surface area contributed by atoms with Gasteiger partial charge in [0.05, 0.1) is 0 Å². The second-order valence-corrected chi connectivity index (χ2v) is 10.1. The molecule has 0 spiro atoms. The third kappa shape index (κ3) is 5.98. The van der Waals surface area contributed by atoms with Gasteiger partial charge < -0.3 is 4.74 Å². The summed E-state index contributed by atoms with van der Waals surface area (Å²) in [5.41, 5.74) is 1.67. The lowest BCUT2D eigenvalue weighted by molar-refractivity contribution is 0.115. The summed E-state index contributed by atoms with van der Waals surface area (Å²) in [6, 6.07) is 10.1. The topological polar surface area (TPSA) is 9.23 Å². The van der Waals surface area contributed by atoms with Gasteiger partial charge in [-0.05, 0) is 106 Å². The zero-order valence-electron chi connectivity index (χ0n) is 20.6. The highest BCUT2D eigenvalue weighted by atomic mass is 19.1. The smallest absolute Gasteiger partial charge is 0.134 e. The number of rotatable bonds is 8. The van der Waals surface area contributed by atoms with Gasteiger partial charge in [0.2, 0.25) is 0 Å². The van der Waals surface area contributed by atoms with Crippen LogP contribution >= 0.6 is 0 Å². The van der Waals surface area contributed by atoms with Crippen molar-refractivity contribution in [3.8, 4) is 16.9 Å². The molecule has 0 heterocycles. The molecule has 4 atom stereocenters. The van der Waals surface area contributed by atoms with Gasteiger partial charge in [-0.1, -0.05) is 42.9 Å². The van der Waals surface area contributed by atoms with Gasteiger partial charge >= 0.3 is 0 Å². The van der Waals surface area contributed by atoms with E-state index in [0.29, 0.717) is 23.8 Å². The van der Waals surface area contributed by atoms with E-state index in [1.54, 1.807) is 24.3 Å². The molecule has 2 aromatic rings. The normalized spacial score (nSPS) is 25.1. The molecule has 0 aliphatic heterocycles. The molecule has 0 bridgehead atoms. The molecule has 2 aromatic carbocycles. The van der Waals surface area contributed by atoms with Crippen LogP contribution in [0.2, 0.25) is 0 Å². The SMILES string of the molecule is C/C=C/CCC1CCC2CC(c3ccc(-c4ccc(OC/C=C/C)cc4F)c(F)c3)CCC2C1. The standard InChI is InChI=1S/C31H38F2O/c1-3-5-7-8-22-9-10-24-19-25(12-11-23(24)18-22)26-13-15-28(30(32)20-26)29-16-14-27(21-31(29)33)34-17-6-4-2/h3-6,13-16,20-25H,7-12,17-19H2,1-2H3/b5-3+,6-4+. The monoisotopic (exact) mass is 464 g/mol. The van der Waals surface area contributed by atoms with Crippen molar-refractivity contribution in [1.29, 1.82) is 0 Å². The lowest BCUT2D eigenvalue weighted by Crippen LogP contribution is -2.30. The van der Waals surface area contributed by atoms with Crippen LogP contribution in [0, 0.1) is 29.4 Å². The Morgan fingerprint density at radius 2 is 1.53 bits per heavy atom. The highest BCUT2D eigenvalue weighted by molar-refractivity contribution is 5.66. The van der Waals surface area contributed by atoms with Gasteiger partial charge in [0.25, 0.3) is 0 Å². The summed E-state index contributed by atoms with van der Waals surface area (Å²) in [6.45, 7) is 4.39. The van der Waals surface area contributed by atoms with Crippen LogP contribution in [-0.2, 0) is 0 Å². The second-order valence-electron chi connectivity index (χ2n) is 10.1. The van der Waals surface area contributed by atoms with E-state index >= 15 is 4.39 Å². The lowest BCUT2D eigenvalue weighted by atomic mass is 9.63. The molecule has 0 saturated heterocycles. The summed E-state index contributed by atoms with van der Waals surface area (Å²) < 4.78 is 35.4. The highest BCUT2D eigenvalue weighted by Crippen LogP contribution is 2.48. The average molecular weight is 465 g/mol. The maximum Gasteiger partial charge on any atom is 0.134 e. The van der Waals surface area contributed by atoms with Crippen LogP contribution in [0.25, 0.3) is 11.1 Å². The summed E-state index contributed by atoms with van der Waals surface area (Å²) in [6.07, 6.45) is 18.3. The number of ether oxygens (including phenoxy) is 1. The van der Waals surface area contributed by atoms with Crippen molar-refractivity contribution in [2.45, 2.75) is 71.1 Å². The van der Waals surface area contributed by atoms with Crippen molar-refractivity contribution in [1.82, 2.24) is 0 Å². The molecule has 2 aliphatic carbocycles. The quantitative estimate of drug-likeness (QED) is 0.354. The minimum absolute atomic E-state index is 0.280. The van der Waals surface area contributed by atoms with Crippen LogP contribution < -0.4 is 4.74 Å². The molecule has 182 valence electrons. The van der Waals surface area contributed by atoms with Crippen LogP contribution in [0.15, 0.2) is 60.7 Å². The first-order valence-corrected chi connectivity index (χ1v) is 13.0. The number of allylic oxidation sites excluding steroid dienone is 3. The van der Waals surface area contributed by atoms with E-state index < -0.39 is 5.82 Å². The molecular formula is C31H38F2O. The van der Waals surface area contributed by atoms with Crippen LogP contribution in [0.4, 0.5) is 8.78 Å². The Bertz CT molecular complexity index is 1010. The molecule has 0 aromatic heterocycles. The summed E-state index contributed by atoms with van der Waals surface area (Å²) in [7, 11) is 0. The average Bonchev–Trinajstić information content (AvgIpc) is 2.84. The zero-order chi connectivity index (χ0) is 23.9. The van der Waals surface area contributed by atoms with E-state index in [1.165, 1.54) is 44.6 Å². The largest absolute Gasteiger partial charge is 0.489 e. The lowest BCUT2D eigenvalue weighted by Gasteiger charge is -2.42. The van der Waals surface area contributed by atoms with Gasteiger partial charge in [0.15, 0.2) is 0 Å². The van der Waals surface area contributed by atoms with Gasteiger partial charge in [-0.15, -0.1) is 0 Å². The Labute approximate surface area is 203 Å². The summed E-state index contributed by atoms with van der Waals surface area (Å²) in [4.78, 5) is 0. The molecule has 0 radical (unpaired) electrons. The van der Waals surface area contributed by atoms with Gasteiger partial charge in [0.1, 0.15) is 24.0 Å². The fourth-order valence-corrected chi connectivity index (χ4v) is 6.10. The fraction of sp³-hybridized carbons (Fsp3) is 0.484. The number of hydrogen-bond donors (Lipinski definition) is 0. The van der Waals surface area contributed by atoms with Crippen molar-refractivity contribution in [2.75, 3.05) is 6.61 Å².